The third-order valence-electron chi connectivity index (χ3n) is 21.3. The molecule has 4 saturated heterocycles. The summed E-state index contributed by atoms with van der Waals surface area (Å²) in [4.78, 5) is 106. The van der Waals surface area contributed by atoms with Gasteiger partial charge in [-0.25, -0.2) is 8.98 Å². The number of methoxy groups -OCH3 is 1. The van der Waals surface area contributed by atoms with Gasteiger partial charge in [0.1, 0.15) is 35.8 Å². The van der Waals surface area contributed by atoms with Crippen molar-refractivity contribution < 1.29 is 128 Å². The number of nitrogens with one attached hydrogen (secondary N) is 2. The maximum Gasteiger partial charge on any atom is 0.397 e. The lowest BCUT2D eigenvalue weighted by molar-refractivity contribution is -0.319. The predicted octanol–water partition coefficient (Wildman–Crippen LogP) is 9.56. The van der Waals surface area contributed by atoms with Crippen LogP contribution in [0, 0.1) is 35.5 Å². The van der Waals surface area contributed by atoms with Gasteiger partial charge < -0.3 is 88.4 Å². The number of aromatic hydroxyl groups is 1. The summed E-state index contributed by atoms with van der Waals surface area (Å²) in [6.45, 7) is 29.0. The quantitative estimate of drug-likeness (QED) is 0.00830. The summed E-state index contributed by atoms with van der Waals surface area (Å²) in [6.07, 6.45) is 2.24. The van der Waals surface area contributed by atoms with Crippen molar-refractivity contribution in [3.8, 4) is 5.75 Å². The Kier molecular flexibility index (Phi) is 41.9. The smallest absolute Gasteiger partial charge is 0.397 e. The summed E-state index contributed by atoms with van der Waals surface area (Å²) < 4.78 is 93.5. The minimum Gasteiger partial charge on any atom is -0.505 e. The lowest BCUT2D eigenvalue weighted by Gasteiger charge is -2.49. The average Bonchev–Trinajstić information content (AvgIpc) is 0.861. The van der Waals surface area contributed by atoms with E-state index in [4.69, 9.17) is 51.9 Å². The molecule has 5 rings (SSSR count). The third kappa shape index (κ3) is 30.0. The van der Waals surface area contributed by atoms with E-state index in [9.17, 15) is 72.3 Å². The second-order valence-electron chi connectivity index (χ2n) is 31.6. The Bertz CT molecular complexity index is 3140. The number of ether oxygens (including phenoxy) is 10. The van der Waals surface area contributed by atoms with Crippen LogP contribution in [0.5, 0.6) is 5.75 Å². The highest BCUT2D eigenvalue weighted by molar-refractivity contribution is 7.80. The Labute approximate surface area is 652 Å². The number of Topliss-reactive ketones (excluding diaryl/α,β-unsaturated/α-hetero) is 1. The minimum atomic E-state index is -4.23. The van der Waals surface area contributed by atoms with Crippen LogP contribution in [0.2, 0.25) is 0 Å². The van der Waals surface area contributed by atoms with Crippen LogP contribution >= 0.6 is 0 Å². The molecule has 0 aromatic heterocycles. The molecule has 0 aliphatic carbocycles. The van der Waals surface area contributed by atoms with Crippen LogP contribution in [0.3, 0.4) is 0 Å². The summed E-state index contributed by atoms with van der Waals surface area (Å²) in [6, 6.07) is 2.39. The lowest BCUT2D eigenvalue weighted by Crippen LogP contribution is -2.61. The molecule has 0 spiro atoms. The molecular formula is C79H135N3O27S. The van der Waals surface area contributed by atoms with Gasteiger partial charge in [0, 0.05) is 44.1 Å². The van der Waals surface area contributed by atoms with Crippen molar-refractivity contribution in [3.63, 3.8) is 0 Å². The van der Waals surface area contributed by atoms with E-state index in [0.29, 0.717) is 32.1 Å². The Balaban J connectivity index is 0.000000490. The van der Waals surface area contributed by atoms with Crippen molar-refractivity contribution in [2.75, 3.05) is 33.1 Å². The van der Waals surface area contributed by atoms with E-state index < -0.39 is 184 Å². The van der Waals surface area contributed by atoms with Crippen LogP contribution in [-0.4, -0.2) is 228 Å². The number of carbonyl (C=O) groups is 8. The van der Waals surface area contributed by atoms with Gasteiger partial charge in [0.2, 0.25) is 6.41 Å². The predicted molar refractivity (Wildman–Crippen MR) is 407 cm³/mol. The summed E-state index contributed by atoms with van der Waals surface area (Å²) in [5.41, 5.74) is -5.14. The maximum atomic E-state index is 14.2. The topological polar surface area (TPSA) is 421 Å². The molecule has 23 atom stereocenters. The van der Waals surface area contributed by atoms with Gasteiger partial charge in [-0.05, 0) is 120 Å². The maximum absolute atomic E-state index is 14.2. The molecule has 1 aromatic rings. The van der Waals surface area contributed by atoms with E-state index in [2.05, 4.69) is 21.7 Å². The molecule has 4 heterocycles. The molecule has 8 N–H and O–H groups in total. The van der Waals surface area contributed by atoms with Crippen molar-refractivity contribution in [3.05, 3.63) is 23.8 Å². The van der Waals surface area contributed by atoms with Gasteiger partial charge >= 0.3 is 40.2 Å². The second-order valence-corrected chi connectivity index (χ2v) is 32.7. The second kappa shape index (κ2) is 46.7. The molecule has 0 bridgehead atoms. The SMILES string of the molecule is CCC(=O)OC1C(OC2C(C)C(OC3CC(C)(OC)C(O)C(C)O3)C(C)C(=O)OC(CC)C(C)(O)C(O)C(C)C(=O)C(C)CC2(C)O)OC(C)CC1N(C)C.CCCCCC1C(=O)OC(C)C(NC(=O)c2cccc(NC=O)c2O)C(=O)OC(C)C1OC(=O)CC(C)C.CCCCCCCCCCCCOS(=O)(=O)O. The first-order chi connectivity index (χ1) is 51.4. The van der Waals surface area contributed by atoms with Crippen molar-refractivity contribution >= 4 is 64.0 Å². The zero-order valence-electron chi connectivity index (χ0n) is 68.9. The van der Waals surface area contributed by atoms with Crippen LogP contribution in [0.1, 0.15) is 256 Å². The van der Waals surface area contributed by atoms with Crippen molar-refractivity contribution in [1.29, 1.82) is 0 Å². The Morgan fingerprint density at radius 2 is 1.29 bits per heavy atom. The molecule has 31 heteroatoms. The fourth-order valence-corrected chi connectivity index (χ4v) is 15.1. The van der Waals surface area contributed by atoms with E-state index in [1.54, 1.807) is 48.5 Å². The summed E-state index contributed by atoms with van der Waals surface area (Å²) >= 11 is 0. The van der Waals surface area contributed by atoms with Crippen molar-refractivity contribution in [2.24, 2.45) is 35.5 Å². The van der Waals surface area contributed by atoms with E-state index in [1.165, 1.54) is 105 Å². The molecule has 110 heavy (non-hydrogen) atoms. The molecule has 4 fully saturated rings. The first-order valence-corrected chi connectivity index (χ1v) is 40.9. The molecule has 4 aliphatic rings. The molecule has 23 unspecified atom stereocenters. The van der Waals surface area contributed by atoms with Crippen molar-refractivity contribution in [1.82, 2.24) is 10.2 Å². The van der Waals surface area contributed by atoms with Crippen LogP contribution in [0.25, 0.3) is 0 Å². The van der Waals surface area contributed by atoms with Gasteiger partial charge in [0.15, 0.2) is 36.6 Å². The number of carbonyl (C=O) groups excluding carboxylic acids is 8. The average molecular weight is 1590 g/mol. The summed E-state index contributed by atoms with van der Waals surface area (Å²) in [7, 11) is 0.973. The van der Waals surface area contributed by atoms with Gasteiger partial charge in [-0.1, -0.05) is 145 Å². The van der Waals surface area contributed by atoms with E-state index in [1.807, 2.05) is 46.7 Å². The number of cyclic esters (lactones) is 3. The van der Waals surface area contributed by atoms with Crippen LogP contribution in [-0.2, 0) is 95.5 Å². The van der Waals surface area contributed by atoms with Gasteiger partial charge in [0.05, 0.1) is 77.5 Å². The zero-order valence-corrected chi connectivity index (χ0v) is 69.7. The number of amides is 2. The first kappa shape index (κ1) is 98.6. The molecule has 1 aromatic carbocycles. The molecule has 30 nitrogen and oxygen atoms in total. The van der Waals surface area contributed by atoms with E-state index in [0.717, 1.165) is 25.7 Å². The number of para-hydroxylation sites is 1. The third-order valence-corrected chi connectivity index (χ3v) is 21.8. The fourth-order valence-electron chi connectivity index (χ4n) is 14.7. The van der Waals surface area contributed by atoms with Gasteiger partial charge in [-0.15, -0.1) is 0 Å². The highest BCUT2D eigenvalue weighted by atomic mass is 32.3. The fraction of sp³-hybridized carbons (Fsp3) is 0.823. The summed E-state index contributed by atoms with van der Waals surface area (Å²) in [5, 5.41) is 61.7. The monoisotopic (exact) mass is 1590 g/mol. The van der Waals surface area contributed by atoms with Gasteiger partial charge in [-0.2, -0.15) is 8.42 Å². The van der Waals surface area contributed by atoms with Crippen LogP contribution in [0.15, 0.2) is 18.2 Å². The number of aliphatic hydroxyl groups is 4. The number of anilines is 1. The highest BCUT2D eigenvalue weighted by Crippen LogP contribution is 2.42. The Hall–Kier alpha value is -5.55. The van der Waals surface area contributed by atoms with E-state index >= 15 is 0 Å². The number of phenols is 1. The number of hydrogen-bond acceptors (Lipinski definition) is 27. The number of unbranched alkanes of at least 4 members (excludes halogenated alkanes) is 11. The van der Waals surface area contributed by atoms with E-state index in [-0.39, 0.29) is 68.0 Å². The van der Waals surface area contributed by atoms with Gasteiger partial charge in [-0.3, -0.25) is 38.1 Å². The number of esters is 5. The highest BCUT2D eigenvalue weighted by Gasteiger charge is 2.55. The first-order valence-electron chi connectivity index (χ1n) is 39.5. The number of likely N-dealkylation sites (N-methyl/N-ethyl adjacent to an activating group) is 1. The molecular weight excluding hydrogens is 1450 g/mol. The number of ketones is 1. The van der Waals surface area contributed by atoms with Crippen LogP contribution < -0.4 is 10.6 Å². The number of hydrogen-bond donors (Lipinski definition) is 8. The standard InChI is InChI=1S/C40H71NO14.C27H38N2O9.C12H26O4S/c1-15-27-40(11,48)33(44)22(5)30(43)20(3)18-38(9,47)35(55-37-32(53-28(42)16-2)26(41(12)13)17-21(4)50-37)23(6)31(24(7)36(46)52-27)54-29-19-39(10,49-14)34(45)25(8)51-29;1-6-7-8-10-19-24(38-21(31)13-15(2)3)17(5)37-27(35)22(16(4)36-26(19)34)29-25(33)18-11-9-12-20(23(18)32)28-14-30;1-2-3-4-5-6-7-8-9-10-11-12-16-17(13,14)15/h20-27,29,31-35,37,44-45,47-48H,15-19H2,1-14H3;9,11-12,14-17,19,22,24,32H,6-8,10,13H2,1-5H3,(H,28,30)(H,29,33);2-12H2,1H3,(H,13,14,15). The van der Waals surface area contributed by atoms with Gasteiger partial charge in [0.25, 0.3) is 5.91 Å². The lowest BCUT2D eigenvalue weighted by atomic mass is 9.74. The summed E-state index contributed by atoms with van der Waals surface area (Å²) in [5.74, 6) is -9.86. The Morgan fingerprint density at radius 1 is 0.709 bits per heavy atom. The number of rotatable bonds is 32. The van der Waals surface area contributed by atoms with Crippen LogP contribution in [0.4, 0.5) is 5.69 Å². The molecule has 634 valence electrons. The Morgan fingerprint density at radius 3 is 1.85 bits per heavy atom. The number of phenolic OH excluding ortho intramolecular Hbond substituents is 1. The normalized spacial score (nSPS) is 33.5. The molecule has 0 saturated carbocycles. The molecule has 4 aliphatic heterocycles. The largest absolute Gasteiger partial charge is 0.505 e. The number of nitrogens with zero attached hydrogens (tertiary/aromatic N) is 1. The number of benzene rings is 1. The minimum absolute atomic E-state index is 0.00114. The number of aliphatic hydroxyl groups excluding tert-OH is 2. The van der Waals surface area contributed by atoms with Crippen molar-refractivity contribution in [2.45, 2.75) is 355 Å². The zero-order chi connectivity index (χ0) is 83.3. The molecule has 2 amide bonds. The molecule has 0 radical (unpaired) electrons.